The predicted molar refractivity (Wildman–Crippen MR) is 67.1 cm³/mol. The van der Waals surface area contributed by atoms with Crippen LogP contribution in [-0.4, -0.2) is 13.6 Å². The zero-order valence-electron chi connectivity index (χ0n) is 9.89. The van der Waals surface area contributed by atoms with Crippen LogP contribution >= 0.6 is 11.6 Å². The Morgan fingerprint density at radius 3 is 2.53 bits per heavy atom. The van der Waals surface area contributed by atoms with Crippen molar-refractivity contribution in [3.8, 4) is 0 Å². The quantitative estimate of drug-likeness (QED) is 0.649. The van der Waals surface area contributed by atoms with Gasteiger partial charge in [0.15, 0.2) is 0 Å². The van der Waals surface area contributed by atoms with E-state index in [1.54, 1.807) is 0 Å². The molecule has 0 aromatic heterocycles. The molecule has 15 heavy (non-hydrogen) atoms. The summed E-state index contributed by atoms with van der Waals surface area (Å²) >= 11 is 6.16. The molecule has 0 bridgehead atoms. The minimum Gasteiger partial charge on any atom is -0.374 e. The summed E-state index contributed by atoms with van der Waals surface area (Å²) in [6.45, 7) is 7.83. The van der Waals surface area contributed by atoms with Crippen LogP contribution in [0.5, 0.6) is 0 Å². The Morgan fingerprint density at radius 2 is 1.93 bits per heavy atom. The second-order valence-electron chi connectivity index (χ2n) is 5.38. The van der Waals surface area contributed by atoms with Crippen molar-refractivity contribution in [2.75, 3.05) is 18.5 Å². The van der Waals surface area contributed by atoms with Gasteiger partial charge in [0, 0.05) is 24.3 Å². The number of likely N-dealkylation sites (N-methyl/N-ethyl adjacent to an activating group) is 1. The second-order valence-corrected chi connectivity index (χ2v) is 5.82. The van der Waals surface area contributed by atoms with Crippen LogP contribution in [0.2, 0.25) is 5.02 Å². The summed E-state index contributed by atoms with van der Waals surface area (Å²) in [5.74, 6) is 0. The molecule has 0 saturated heterocycles. The van der Waals surface area contributed by atoms with Gasteiger partial charge in [0.25, 0.3) is 0 Å². The molecule has 1 nitrogen and oxygen atoms in total. The molecule has 82 valence electrons. The topological polar surface area (TPSA) is 3.24 Å². The summed E-state index contributed by atoms with van der Waals surface area (Å²) in [6, 6.07) is 4.22. The van der Waals surface area contributed by atoms with Gasteiger partial charge in [-0.05, 0) is 35.1 Å². The summed E-state index contributed by atoms with van der Waals surface area (Å²) < 4.78 is 0. The zero-order valence-corrected chi connectivity index (χ0v) is 10.7. The van der Waals surface area contributed by atoms with E-state index in [2.05, 4.69) is 44.9 Å². The molecule has 0 saturated carbocycles. The van der Waals surface area contributed by atoms with Crippen LogP contribution in [-0.2, 0) is 11.8 Å². The van der Waals surface area contributed by atoms with E-state index in [0.717, 1.165) is 18.0 Å². The molecule has 0 spiro atoms. The van der Waals surface area contributed by atoms with Crippen LogP contribution in [0, 0.1) is 0 Å². The maximum Gasteiger partial charge on any atom is 0.0435 e. The molecule has 0 atom stereocenters. The Labute approximate surface area is 97.0 Å². The van der Waals surface area contributed by atoms with E-state index in [9.17, 15) is 0 Å². The molecule has 2 heteroatoms. The first kappa shape index (κ1) is 10.8. The van der Waals surface area contributed by atoms with Crippen molar-refractivity contribution in [2.45, 2.75) is 32.6 Å². The lowest BCUT2D eigenvalue weighted by atomic mass is 9.84. The van der Waals surface area contributed by atoms with Gasteiger partial charge >= 0.3 is 0 Å². The number of halogens is 1. The highest BCUT2D eigenvalue weighted by molar-refractivity contribution is 6.30. The lowest BCUT2D eigenvalue weighted by Gasteiger charge is -2.26. The molecule has 1 heterocycles. The van der Waals surface area contributed by atoms with Gasteiger partial charge in [-0.2, -0.15) is 0 Å². The fraction of sp³-hybridized carbons (Fsp3) is 0.538. The highest BCUT2D eigenvalue weighted by Gasteiger charge is 2.26. The maximum absolute atomic E-state index is 6.16. The molecule has 0 amide bonds. The van der Waals surface area contributed by atoms with Gasteiger partial charge < -0.3 is 4.90 Å². The monoisotopic (exact) mass is 223 g/mol. The first-order valence-electron chi connectivity index (χ1n) is 5.43. The largest absolute Gasteiger partial charge is 0.374 e. The Kier molecular flexibility index (Phi) is 2.46. The van der Waals surface area contributed by atoms with E-state index in [-0.39, 0.29) is 5.41 Å². The first-order valence-corrected chi connectivity index (χ1v) is 5.81. The Bertz CT molecular complexity index is 390. The van der Waals surface area contributed by atoms with Crippen molar-refractivity contribution in [2.24, 2.45) is 0 Å². The van der Waals surface area contributed by atoms with Crippen LogP contribution in [0.1, 0.15) is 31.9 Å². The Hall–Kier alpha value is -0.690. The molecule has 0 N–H and O–H groups in total. The summed E-state index contributed by atoms with van der Waals surface area (Å²) in [7, 11) is 2.16. The van der Waals surface area contributed by atoms with Gasteiger partial charge in [-0.25, -0.2) is 0 Å². The highest BCUT2D eigenvalue weighted by atomic mass is 35.5. The van der Waals surface area contributed by atoms with E-state index in [1.165, 1.54) is 16.8 Å². The standard InChI is InChI=1S/C13H18ClN/c1-13(2,3)11-8-10(14)7-9-5-6-15(4)12(9)11/h7-8H,5-6H2,1-4H3. The van der Waals surface area contributed by atoms with Crippen LogP contribution in [0.15, 0.2) is 12.1 Å². The van der Waals surface area contributed by atoms with Crippen molar-refractivity contribution in [1.82, 2.24) is 0 Å². The number of benzene rings is 1. The fourth-order valence-electron chi connectivity index (χ4n) is 2.27. The first-order chi connectivity index (χ1) is 6.89. The van der Waals surface area contributed by atoms with E-state index in [4.69, 9.17) is 11.6 Å². The van der Waals surface area contributed by atoms with Crippen molar-refractivity contribution < 1.29 is 0 Å². The molecule has 0 aliphatic carbocycles. The van der Waals surface area contributed by atoms with Crippen LogP contribution in [0.4, 0.5) is 5.69 Å². The number of hydrogen-bond acceptors (Lipinski definition) is 1. The smallest absolute Gasteiger partial charge is 0.0435 e. The summed E-state index contributed by atoms with van der Waals surface area (Å²) in [5, 5.41) is 0.869. The molecular formula is C13H18ClN. The Morgan fingerprint density at radius 1 is 1.27 bits per heavy atom. The van der Waals surface area contributed by atoms with E-state index >= 15 is 0 Å². The van der Waals surface area contributed by atoms with E-state index < -0.39 is 0 Å². The SMILES string of the molecule is CN1CCc2cc(Cl)cc(C(C)(C)C)c21. The van der Waals surface area contributed by atoms with Gasteiger partial charge in [0.1, 0.15) is 0 Å². The van der Waals surface area contributed by atoms with Gasteiger partial charge in [-0.3, -0.25) is 0 Å². The predicted octanol–water partition coefficient (Wildman–Crippen LogP) is 3.63. The number of fused-ring (bicyclic) bond motifs is 1. The molecule has 1 aromatic rings. The van der Waals surface area contributed by atoms with Crippen LogP contribution in [0.3, 0.4) is 0 Å². The van der Waals surface area contributed by atoms with Crippen molar-refractivity contribution >= 4 is 17.3 Å². The molecule has 1 aromatic carbocycles. The zero-order chi connectivity index (χ0) is 11.2. The van der Waals surface area contributed by atoms with E-state index in [0.29, 0.717) is 0 Å². The number of hydrogen-bond donors (Lipinski definition) is 0. The molecule has 0 radical (unpaired) electrons. The highest BCUT2D eigenvalue weighted by Crippen LogP contribution is 2.39. The van der Waals surface area contributed by atoms with Crippen LogP contribution < -0.4 is 4.90 Å². The molecule has 2 rings (SSSR count). The molecule has 1 aliphatic rings. The average molecular weight is 224 g/mol. The minimum atomic E-state index is 0.160. The molecule has 0 unspecified atom stereocenters. The normalized spacial score (nSPS) is 15.7. The van der Waals surface area contributed by atoms with Crippen molar-refractivity contribution in [3.63, 3.8) is 0 Å². The van der Waals surface area contributed by atoms with Gasteiger partial charge in [-0.1, -0.05) is 32.4 Å². The fourth-order valence-corrected chi connectivity index (χ4v) is 2.51. The third kappa shape index (κ3) is 1.85. The summed E-state index contributed by atoms with van der Waals surface area (Å²) in [6.07, 6.45) is 1.12. The Balaban J connectivity index is 2.64. The number of anilines is 1. The third-order valence-electron chi connectivity index (χ3n) is 3.06. The van der Waals surface area contributed by atoms with Gasteiger partial charge in [0.2, 0.25) is 0 Å². The lowest BCUT2D eigenvalue weighted by Crippen LogP contribution is -2.19. The number of nitrogens with zero attached hydrogens (tertiary/aromatic N) is 1. The second kappa shape index (κ2) is 3.41. The number of rotatable bonds is 0. The molecule has 0 fully saturated rings. The summed E-state index contributed by atoms with van der Waals surface area (Å²) in [4.78, 5) is 2.34. The lowest BCUT2D eigenvalue weighted by molar-refractivity contribution is 0.590. The van der Waals surface area contributed by atoms with Gasteiger partial charge in [-0.15, -0.1) is 0 Å². The molecular weight excluding hydrogens is 206 g/mol. The third-order valence-corrected chi connectivity index (χ3v) is 3.28. The minimum absolute atomic E-state index is 0.160. The van der Waals surface area contributed by atoms with Crippen molar-refractivity contribution in [1.29, 1.82) is 0 Å². The maximum atomic E-state index is 6.16. The van der Waals surface area contributed by atoms with Crippen LogP contribution in [0.25, 0.3) is 0 Å². The van der Waals surface area contributed by atoms with E-state index in [1.807, 2.05) is 0 Å². The van der Waals surface area contributed by atoms with Gasteiger partial charge in [0.05, 0.1) is 0 Å². The molecule has 1 aliphatic heterocycles. The summed E-state index contributed by atoms with van der Waals surface area (Å²) in [5.41, 5.74) is 4.32. The van der Waals surface area contributed by atoms with Crippen molar-refractivity contribution in [3.05, 3.63) is 28.3 Å². The average Bonchev–Trinajstić information content (AvgIpc) is 2.44.